The molecule has 0 atom stereocenters. The average Bonchev–Trinajstić information content (AvgIpc) is 2.84. The fraction of sp³-hybridized carbons (Fsp3) is 0.182. The van der Waals surface area contributed by atoms with Crippen LogP contribution in [0, 0.1) is 5.82 Å². The summed E-state index contributed by atoms with van der Waals surface area (Å²) in [4.78, 5) is 0. The maximum absolute atomic E-state index is 13.8. The van der Waals surface area contributed by atoms with E-state index in [-0.39, 0.29) is 5.82 Å². The van der Waals surface area contributed by atoms with Crippen molar-refractivity contribution >= 4 is 5.82 Å². The highest BCUT2D eigenvalue weighted by Crippen LogP contribution is 2.32. The van der Waals surface area contributed by atoms with Gasteiger partial charge in [-0.2, -0.15) is 5.10 Å². The van der Waals surface area contributed by atoms with Crippen LogP contribution in [-0.4, -0.2) is 16.8 Å². The molecule has 0 aliphatic carbocycles. The van der Waals surface area contributed by atoms with Gasteiger partial charge in [0.25, 0.3) is 0 Å². The zero-order chi connectivity index (χ0) is 11.1. The van der Waals surface area contributed by atoms with Crippen molar-refractivity contribution in [3.8, 4) is 17.0 Å². The first kappa shape index (κ1) is 9.21. The van der Waals surface area contributed by atoms with E-state index in [0.717, 1.165) is 12.0 Å². The van der Waals surface area contributed by atoms with Gasteiger partial charge in [-0.25, -0.2) is 4.39 Å². The lowest BCUT2D eigenvalue weighted by molar-refractivity contribution is 0.355. The maximum atomic E-state index is 13.8. The summed E-state index contributed by atoms with van der Waals surface area (Å²) in [5, 5.41) is 6.48. The summed E-state index contributed by atoms with van der Waals surface area (Å²) >= 11 is 0. The van der Waals surface area contributed by atoms with Gasteiger partial charge in [0, 0.05) is 24.1 Å². The van der Waals surface area contributed by atoms with Crippen molar-refractivity contribution < 1.29 is 9.13 Å². The third-order valence-corrected chi connectivity index (χ3v) is 2.67. The second-order valence-electron chi connectivity index (χ2n) is 3.74. The van der Waals surface area contributed by atoms with Gasteiger partial charge in [0.2, 0.25) is 0 Å². The van der Waals surface area contributed by atoms with Crippen LogP contribution in [-0.2, 0) is 6.42 Å². The number of benzene rings is 1. The Balaban J connectivity index is 2.14. The number of fused-ring (bicyclic) bond motifs is 1. The summed E-state index contributed by atoms with van der Waals surface area (Å²) < 4.78 is 19.1. The van der Waals surface area contributed by atoms with Gasteiger partial charge in [-0.3, -0.25) is 5.10 Å². The molecule has 5 heteroatoms. The fourth-order valence-electron chi connectivity index (χ4n) is 1.88. The minimum Gasteiger partial charge on any atom is -0.493 e. The lowest BCUT2D eigenvalue weighted by Gasteiger charge is -2.03. The summed E-state index contributed by atoms with van der Waals surface area (Å²) in [5.41, 5.74) is 7.58. The molecule has 0 saturated heterocycles. The second kappa shape index (κ2) is 3.23. The number of hydrogen-bond acceptors (Lipinski definition) is 3. The largest absolute Gasteiger partial charge is 0.493 e. The highest BCUT2D eigenvalue weighted by atomic mass is 19.1. The number of halogens is 1. The lowest BCUT2D eigenvalue weighted by Crippen LogP contribution is -1.88. The Morgan fingerprint density at radius 3 is 3.00 bits per heavy atom. The van der Waals surface area contributed by atoms with Gasteiger partial charge in [-0.1, -0.05) is 0 Å². The van der Waals surface area contributed by atoms with Gasteiger partial charge >= 0.3 is 0 Å². The van der Waals surface area contributed by atoms with Gasteiger partial charge in [0.1, 0.15) is 17.4 Å². The molecule has 1 aromatic heterocycles. The number of aromatic nitrogens is 2. The second-order valence-corrected chi connectivity index (χ2v) is 3.74. The highest BCUT2D eigenvalue weighted by molar-refractivity contribution is 5.65. The van der Waals surface area contributed by atoms with Gasteiger partial charge < -0.3 is 10.5 Å². The van der Waals surface area contributed by atoms with Crippen molar-refractivity contribution in [3.63, 3.8) is 0 Å². The van der Waals surface area contributed by atoms with Gasteiger partial charge in [0.15, 0.2) is 0 Å². The molecule has 2 aromatic rings. The normalized spacial score (nSPS) is 13.6. The Kier molecular flexibility index (Phi) is 1.86. The van der Waals surface area contributed by atoms with Crippen LogP contribution in [0.4, 0.5) is 10.2 Å². The van der Waals surface area contributed by atoms with E-state index in [1.807, 2.05) is 0 Å². The van der Waals surface area contributed by atoms with Crippen molar-refractivity contribution in [2.24, 2.45) is 0 Å². The molecule has 0 fully saturated rings. The van der Waals surface area contributed by atoms with Crippen LogP contribution < -0.4 is 10.5 Å². The number of hydrogen-bond donors (Lipinski definition) is 2. The Hall–Kier alpha value is -2.04. The molecule has 0 saturated carbocycles. The van der Waals surface area contributed by atoms with Crippen molar-refractivity contribution in [3.05, 3.63) is 29.6 Å². The van der Waals surface area contributed by atoms with Crippen molar-refractivity contribution in [2.45, 2.75) is 6.42 Å². The summed E-state index contributed by atoms with van der Waals surface area (Å²) in [6, 6.07) is 4.81. The zero-order valence-corrected chi connectivity index (χ0v) is 8.46. The van der Waals surface area contributed by atoms with Gasteiger partial charge in [-0.15, -0.1) is 0 Å². The molecule has 0 spiro atoms. The van der Waals surface area contributed by atoms with Crippen LogP contribution in [0.1, 0.15) is 5.56 Å². The maximum Gasteiger partial charge on any atom is 0.145 e. The number of anilines is 1. The molecule has 1 aliphatic heterocycles. The third-order valence-electron chi connectivity index (χ3n) is 2.67. The van der Waals surface area contributed by atoms with Crippen molar-refractivity contribution in [1.82, 2.24) is 10.2 Å². The molecule has 1 aliphatic rings. The molecule has 4 nitrogen and oxygen atoms in total. The van der Waals surface area contributed by atoms with Crippen molar-refractivity contribution in [1.29, 1.82) is 0 Å². The molecule has 1 aromatic carbocycles. The number of nitrogens with one attached hydrogen (secondary N) is 1. The molecule has 2 heterocycles. The van der Waals surface area contributed by atoms with E-state index < -0.39 is 0 Å². The predicted molar refractivity (Wildman–Crippen MR) is 57.6 cm³/mol. The van der Waals surface area contributed by atoms with E-state index in [9.17, 15) is 4.39 Å². The Labute approximate surface area is 91.2 Å². The standard InChI is InChI=1S/C11H10FN3O/c12-8-4-10-6(1-2-16-10)3-7(8)9-5-11(13)15-14-9/h3-5H,1-2H2,(H3,13,14,15). The number of aromatic amines is 1. The van der Waals surface area contributed by atoms with Crippen LogP contribution in [0.25, 0.3) is 11.3 Å². The summed E-state index contributed by atoms with van der Waals surface area (Å²) in [6.45, 7) is 0.614. The number of rotatable bonds is 1. The molecule has 0 radical (unpaired) electrons. The third kappa shape index (κ3) is 1.32. The minimum atomic E-state index is -0.329. The van der Waals surface area contributed by atoms with E-state index in [1.165, 1.54) is 6.07 Å². The molecular formula is C11H10FN3O. The van der Waals surface area contributed by atoms with Crippen LogP contribution in [0.2, 0.25) is 0 Å². The van der Waals surface area contributed by atoms with E-state index in [0.29, 0.717) is 29.4 Å². The first-order valence-corrected chi connectivity index (χ1v) is 5.00. The Bertz CT molecular complexity index is 550. The number of H-pyrrole nitrogens is 1. The monoisotopic (exact) mass is 219 g/mol. The molecule has 16 heavy (non-hydrogen) atoms. The van der Waals surface area contributed by atoms with Gasteiger partial charge in [0.05, 0.1) is 12.3 Å². The molecule has 0 bridgehead atoms. The lowest BCUT2D eigenvalue weighted by atomic mass is 10.1. The van der Waals surface area contributed by atoms with E-state index >= 15 is 0 Å². The molecule has 0 unspecified atom stereocenters. The first-order valence-electron chi connectivity index (χ1n) is 5.00. The van der Waals surface area contributed by atoms with E-state index in [1.54, 1.807) is 12.1 Å². The first-order chi connectivity index (χ1) is 7.74. The molecule has 0 amide bonds. The van der Waals surface area contributed by atoms with E-state index in [2.05, 4.69) is 10.2 Å². The number of ether oxygens (including phenoxy) is 1. The van der Waals surface area contributed by atoms with Crippen molar-refractivity contribution in [2.75, 3.05) is 12.3 Å². The van der Waals surface area contributed by atoms with Crippen LogP contribution in [0.3, 0.4) is 0 Å². The number of nitrogens with two attached hydrogens (primary N) is 1. The molecule has 82 valence electrons. The topological polar surface area (TPSA) is 63.9 Å². The Morgan fingerprint density at radius 2 is 2.25 bits per heavy atom. The smallest absolute Gasteiger partial charge is 0.145 e. The quantitative estimate of drug-likeness (QED) is 0.767. The summed E-state index contributed by atoms with van der Waals surface area (Å²) in [5.74, 6) is 0.657. The van der Waals surface area contributed by atoms with Crippen LogP contribution in [0.5, 0.6) is 5.75 Å². The summed E-state index contributed by atoms with van der Waals surface area (Å²) in [6.07, 6.45) is 0.812. The molecule has 3 rings (SSSR count). The fourth-order valence-corrected chi connectivity index (χ4v) is 1.88. The number of nitrogens with zero attached hydrogens (tertiary/aromatic N) is 1. The van der Waals surface area contributed by atoms with Gasteiger partial charge in [-0.05, 0) is 11.6 Å². The SMILES string of the molecule is Nc1cc(-c2cc3c(cc2F)OCC3)[nH]n1. The Morgan fingerprint density at radius 1 is 1.38 bits per heavy atom. The van der Waals surface area contributed by atoms with Crippen LogP contribution >= 0.6 is 0 Å². The molecular weight excluding hydrogens is 209 g/mol. The summed E-state index contributed by atoms with van der Waals surface area (Å²) in [7, 11) is 0. The highest BCUT2D eigenvalue weighted by Gasteiger charge is 2.17. The average molecular weight is 219 g/mol. The number of nitrogen functional groups attached to an aromatic ring is 1. The van der Waals surface area contributed by atoms with E-state index in [4.69, 9.17) is 10.5 Å². The molecule has 3 N–H and O–H groups in total. The predicted octanol–water partition coefficient (Wildman–Crippen LogP) is 1.73. The zero-order valence-electron chi connectivity index (χ0n) is 8.46. The minimum absolute atomic E-state index is 0.329. The van der Waals surface area contributed by atoms with Crippen LogP contribution in [0.15, 0.2) is 18.2 Å².